The molecule has 1 atom stereocenters. The molecule has 2 fully saturated rings. The smallest absolute Gasteiger partial charge is 0.334 e. The van der Waals surface area contributed by atoms with E-state index < -0.39 is 17.8 Å². The van der Waals surface area contributed by atoms with Gasteiger partial charge in [0.2, 0.25) is 11.8 Å². The second kappa shape index (κ2) is 10.7. The lowest BCUT2D eigenvalue weighted by atomic mass is 10.4. The van der Waals surface area contributed by atoms with Crippen molar-refractivity contribution in [2.45, 2.75) is 57.9 Å². The van der Waals surface area contributed by atoms with Gasteiger partial charge in [-0.3, -0.25) is 24.1 Å². The molecule has 0 radical (unpaired) electrons. The average Bonchev–Trinajstić information content (AvgIpc) is 3.22. The molecule has 0 bridgehead atoms. The Kier molecular flexibility index (Phi) is 8.37. The minimum atomic E-state index is -0.770. The fourth-order valence-electron chi connectivity index (χ4n) is 3.32. The molecule has 4 amide bonds. The SMILES string of the molecule is C[13CH2][13CH]1[13CH2][13CH2][13CH2]N1[13CH2][13C](=O)NCCC(=O)NCC[13C](=O)ON1C(=O)CCC1=O. The molecule has 10 nitrogen and oxygen atoms in total. The Hall–Kier alpha value is -2.49. The number of likely N-dealkylation sites (tertiary alicyclic amines) is 1. The summed E-state index contributed by atoms with van der Waals surface area (Å²) in [7, 11) is 0. The van der Waals surface area contributed by atoms with Crippen LogP contribution in [0.15, 0.2) is 0 Å². The van der Waals surface area contributed by atoms with E-state index in [1.54, 1.807) is 0 Å². The number of amides is 4. The predicted molar refractivity (Wildman–Crippen MR) is 97.3 cm³/mol. The van der Waals surface area contributed by atoms with E-state index in [1.165, 1.54) is 0 Å². The van der Waals surface area contributed by atoms with Gasteiger partial charge in [0, 0.05) is 38.4 Å². The van der Waals surface area contributed by atoms with Crippen LogP contribution in [-0.4, -0.2) is 71.8 Å². The van der Waals surface area contributed by atoms with Crippen molar-refractivity contribution in [3.05, 3.63) is 0 Å². The zero-order chi connectivity index (χ0) is 20.5. The maximum absolute atomic E-state index is 12.0. The molecule has 2 N–H and O–H groups in total. The van der Waals surface area contributed by atoms with Crippen LogP contribution in [0.25, 0.3) is 0 Å². The maximum Gasteiger partial charge on any atom is 0.334 e. The van der Waals surface area contributed by atoms with Gasteiger partial charge in [0.25, 0.3) is 11.8 Å². The number of nitrogens with one attached hydrogen (secondary N) is 2. The molecule has 0 aromatic heterocycles. The van der Waals surface area contributed by atoms with Crippen LogP contribution in [0.2, 0.25) is 0 Å². The standard InChI is InChI=1S/C18H28N4O6/c1-2-13-4-3-11-21(13)12-15(24)20-9-7-14(23)19-10-8-18(27)28-22-16(25)5-6-17(22)26/h13H,2-12H2,1H3,(H,19,23)(H,20,24)/i2+1,3+1,4+1,11+1,12+1,13+1,15+1,18+1. The molecule has 2 rings (SSSR count). The fourth-order valence-corrected chi connectivity index (χ4v) is 3.32. The molecule has 10 heteroatoms. The third-order valence-corrected chi connectivity index (χ3v) is 4.84. The summed E-state index contributed by atoms with van der Waals surface area (Å²) in [6.07, 6.45) is 3.25. The number of imide groups is 1. The van der Waals surface area contributed by atoms with Gasteiger partial charge in [0.1, 0.15) is 0 Å². The van der Waals surface area contributed by atoms with Crippen LogP contribution in [0.4, 0.5) is 0 Å². The molecule has 0 aromatic rings. The van der Waals surface area contributed by atoms with Crippen molar-refractivity contribution in [1.82, 2.24) is 20.6 Å². The Labute approximate surface area is 163 Å². The molecule has 2 saturated heterocycles. The number of carbonyl (C=O) groups is 5. The lowest BCUT2D eigenvalue weighted by molar-refractivity contribution is -0.197. The fraction of sp³-hybridized carbons (Fsp3) is 0.722. The highest BCUT2D eigenvalue weighted by Gasteiger charge is 2.32. The Morgan fingerprint density at radius 2 is 1.68 bits per heavy atom. The Balaban J connectivity index is 1.54. The van der Waals surface area contributed by atoms with Gasteiger partial charge in [-0.2, -0.15) is 0 Å². The molecule has 1 unspecified atom stereocenters. The summed E-state index contributed by atoms with van der Waals surface area (Å²) in [5, 5.41) is 5.74. The van der Waals surface area contributed by atoms with Crippen LogP contribution in [0.3, 0.4) is 0 Å². The normalized spacial score (nSPS) is 19.8. The van der Waals surface area contributed by atoms with Gasteiger partial charge in [-0.15, -0.1) is 5.06 Å². The molecule has 2 aliphatic heterocycles. The van der Waals surface area contributed by atoms with Crippen molar-refractivity contribution in [1.29, 1.82) is 0 Å². The molecule has 0 aliphatic carbocycles. The minimum absolute atomic E-state index is 0.0216. The van der Waals surface area contributed by atoms with E-state index in [4.69, 9.17) is 4.84 Å². The third-order valence-electron chi connectivity index (χ3n) is 4.84. The summed E-state index contributed by atoms with van der Waals surface area (Å²) in [4.78, 5) is 64.9. The Bertz CT molecular complexity index is 607. The van der Waals surface area contributed by atoms with Gasteiger partial charge in [-0.1, -0.05) is 6.92 Å². The van der Waals surface area contributed by atoms with Crippen LogP contribution in [-0.2, 0) is 28.8 Å². The first-order valence-corrected chi connectivity index (χ1v) is 9.74. The maximum atomic E-state index is 12.0. The first-order chi connectivity index (χ1) is 13.4. The zero-order valence-corrected chi connectivity index (χ0v) is 16.2. The molecular formula is C18H28N4O6. The molecular weight excluding hydrogens is 376 g/mol. The van der Waals surface area contributed by atoms with E-state index in [0.29, 0.717) is 17.6 Å². The van der Waals surface area contributed by atoms with Gasteiger partial charge < -0.3 is 15.5 Å². The van der Waals surface area contributed by atoms with Crippen molar-refractivity contribution in [2.24, 2.45) is 0 Å². The second-order valence-corrected chi connectivity index (χ2v) is 6.92. The lowest BCUT2D eigenvalue weighted by Crippen LogP contribution is -2.40. The molecule has 2 aliphatic rings. The molecule has 0 aromatic carbocycles. The number of hydrogen-bond donors (Lipinski definition) is 2. The van der Waals surface area contributed by atoms with Gasteiger partial charge in [-0.25, -0.2) is 4.79 Å². The predicted octanol–water partition coefficient (Wildman–Crippen LogP) is -0.519. The monoisotopic (exact) mass is 404 g/mol. The van der Waals surface area contributed by atoms with Crippen LogP contribution in [0.1, 0.15) is 51.9 Å². The quantitative estimate of drug-likeness (QED) is 0.371. The number of hydrogen-bond acceptors (Lipinski definition) is 7. The number of carbonyl (C=O) groups excluding carboxylic acids is 5. The van der Waals surface area contributed by atoms with Crippen molar-refractivity contribution in [3.8, 4) is 0 Å². The van der Waals surface area contributed by atoms with Gasteiger partial charge in [-0.05, 0) is 25.8 Å². The van der Waals surface area contributed by atoms with E-state index in [-0.39, 0.29) is 50.6 Å². The average molecular weight is 404 g/mol. The summed E-state index contributed by atoms with van der Waals surface area (Å²) >= 11 is 0. The van der Waals surface area contributed by atoms with Crippen molar-refractivity contribution in [3.63, 3.8) is 0 Å². The molecule has 0 saturated carbocycles. The summed E-state index contributed by atoms with van der Waals surface area (Å²) in [5.74, 6) is -2.27. The molecule has 156 valence electrons. The number of hydroxylamine groups is 2. The lowest BCUT2D eigenvalue weighted by Gasteiger charge is -2.22. The number of nitrogens with zero attached hydrogens (tertiary/aromatic N) is 2. The first kappa shape index (κ1) is 21.8. The van der Waals surface area contributed by atoms with E-state index >= 15 is 0 Å². The van der Waals surface area contributed by atoms with E-state index in [1.807, 2.05) is 0 Å². The largest absolute Gasteiger partial charge is 0.355 e. The highest BCUT2D eigenvalue weighted by molar-refractivity contribution is 6.01. The third kappa shape index (κ3) is 6.59. The molecule has 28 heavy (non-hydrogen) atoms. The summed E-state index contributed by atoms with van der Waals surface area (Å²) in [5.41, 5.74) is 0. The molecule has 0 spiro atoms. The highest BCUT2D eigenvalue weighted by Crippen LogP contribution is 2.18. The summed E-state index contributed by atoms with van der Waals surface area (Å²) in [6, 6.07) is 0.458. The second-order valence-electron chi connectivity index (χ2n) is 6.92. The van der Waals surface area contributed by atoms with E-state index in [0.717, 1.165) is 25.8 Å². The van der Waals surface area contributed by atoms with Crippen molar-refractivity contribution in [2.75, 3.05) is 26.2 Å². The van der Waals surface area contributed by atoms with E-state index in [2.05, 4.69) is 22.5 Å². The minimum Gasteiger partial charge on any atom is -0.355 e. The van der Waals surface area contributed by atoms with Gasteiger partial charge in [0.05, 0.1) is 13.0 Å². The number of rotatable bonds is 10. The summed E-state index contributed by atoms with van der Waals surface area (Å²) in [6.45, 7) is 3.63. The zero-order valence-electron chi connectivity index (χ0n) is 16.2. The highest BCUT2D eigenvalue weighted by atomic mass is 16.8. The topological polar surface area (TPSA) is 125 Å². The van der Waals surface area contributed by atoms with Crippen LogP contribution in [0.5, 0.6) is 0 Å². The van der Waals surface area contributed by atoms with Crippen molar-refractivity contribution >= 4 is 29.6 Å². The van der Waals surface area contributed by atoms with Crippen LogP contribution in [0, 0.1) is 0 Å². The van der Waals surface area contributed by atoms with Gasteiger partial charge in [0.15, 0.2) is 0 Å². The van der Waals surface area contributed by atoms with E-state index in [9.17, 15) is 24.0 Å². The van der Waals surface area contributed by atoms with Crippen molar-refractivity contribution < 1.29 is 28.8 Å². The Morgan fingerprint density at radius 1 is 1.04 bits per heavy atom. The van der Waals surface area contributed by atoms with Crippen LogP contribution >= 0.6 is 0 Å². The van der Waals surface area contributed by atoms with Crippen LogP contribution < -0.4 is 10.6 Å². The summed E-state index contributed by atoms with van der Waals surface area (Å²) < 4.78 is 0. The Morgan fingerprint density at radius 3 is 2.36 bits per heavy atom. The van der Waals surface area contributed by atoms with Gasteiger partial charge >= 0.3 is 5.97 Å². The molecule has 2 heterocycles. The first-order valence-electron chi connectivity index (χ1n) is 9.74.